The number of benzene rings is 1. The highest BCUT2D eigenvalue weighted by Gasteiger charge is 2.28. The monoisotopic (exact) mass is 410 g/mol. The Morgan fingerprint density at radius 2 is 1.93 bits per heavy atom. The lowest BCUT2D eigenvalue weighted by Crippen LogP contribution is -2.26. The average molecular weight is 410 g/mol. The average Bonchev–Trinajstić information content (AvgIpc) is 3.06. The zero-order valence-electron chi connectivity index (χ0n) is 16.2. The van der Waals surface area contributed by atoms with Crippen LogP contribution < -0.4 is 15.0 Å². The van der Waals surface area contributed by atoms with Crippen molar-refractivity contribution in [1.82, 2.24) is 14.6 Å². The SMILES string of the molecule is CC(C)Oc1nc(C2C=NN(C)C2)cc(=O)n1-c1ccc(OCC(F)(F)F)cc1. The highest BCUT2D eigenvalue weighted by molar-refractivity contribution is 5.68. The summed E-state index contributed by atoms with van der Waals surface area (Å²) in [5.41, 5.74) is 0.582. The molecular weight excluding hydrogens is 389 g/mol. The summed E-state index contributed by atoms with van der Waals surface area (Å²) in [6, 6.07) is 7.20. The Kier molecular flexibility index (Phi) is 5.81. The number of ether oxygens (including phenoxy) is 2. The number of halogens is 3. The first-order valence-electron chi connectivity index (χ1n) is 8.98. The van der Waals surface area contributed by atoms with E-state index >= 15 is 0 Å². The normalized spacial score (nSPS) is 16.5. The number of alkyl halides is 3. The molecule has 0 saturated carbocycles. The van der Waals surface area contributed by atoms with Crippen LogP contribution in [0.2, 0.25) is 0 Å². The van der Waals surface area contributed by atoms with Gasteiger partial charge in [0.25, 0.3) is 5.56 Å². The molecule has 7 nitrogen and oxygen atoms in total. The van der Waals surface area contributed by atoms with Crippen molar-refractivity contribution in [1.29, 1.82) is 0 Å². The van der Waals surface area contributed by atoms with E-state index in [-0.39, 0.29) is 29.3 Å². The maximum absolute atomic E-state index is 12.8. The van der Waals surface area contributed by atoms with Crippen molar-refractivity contribution in [3.8, 4) is 17.4 Å². The largest absolute Gasteiger partial charge is 0.484 e. The van der Waals surface area contributed by atoms with Gasteiger partial charge in [0.15, 0.2) is 6.61 Å². The second kappa shape index (κ2) is 8.14. The van der Waals surface area contributed by atoms with Crippen LogP contribution in [0.5, 0.6) is 11.8 Å². The Labute approximate surface area is 165 Å². The molecule has 0 amide bonds. The molecule has 156 valence electrons. The Morgan fingerprint density at radius 1 is 1.24 bits per heavy atom. The number of likely N-dealkylation sites (N-methyl/N-ethyl adjacent to an activating group) is 1. The Balaban J connectivity index is 1.93. The third-order valence-electron chi connectivity index (χ3n) is 4.03. The molecule has 2 heterocycles. The first-order valence-corrected chi connectivity index (χ1v) is 8.98. The summed E-state index contributed by atoms with van der Waals surface area (Å²) in [4.78, 5) is 17.3. The molecule has 3 rings (SSSR count). The van der Waals surface area contributed by atoms with E-state index in [1.54, 1.807) is 11.2 Å². The molecule has 10 heteroatoms. The van der Waals surface area contributed by atoms with Gasteiger partial charge in [-0.25, -0.2) is 9.55 Å². The molecule has 0 spiro atoms. The maximum Gasteiger partial charge on any atom is 0.422 e. The van der Waals surface area contributed by atoms with Gasteiger partial charge in [-0.15, -0.1) is 0 Å². The summed E-state index contributed by atoms with van der Waals surface area (Å²) < 4.78 is 48.6. The lowest BCUT2D eigenvalue weighted by atomic mass is 10.1. The summed E-state index contributed by atoms with van der Waals surface area (Å²) in [7, 11) is 1.83. The number of rotatable bonds is 6. The smallest absolute Gasteiger partial charge is 0.422 e. The van der Waals surface area contributed by atoms with Gasteiger partial charge in [0.2, 0.25) is 0 Å². The highest BCUT2D eigenvalue weighted by Crippen LogP contribution is 2.23. The van der Waals surface area contributed by atoms with E-state index in [0.717, 1.165) is 0 Å². The van der Waals surface area contributed by atoms with Crippen LogP contribution in [0.15, 0.2) is 40.2 Å². The molecule has 0 bridgehead atoms. The van der Waals surface area contributed by atoms with Gasteiger partial charge in [0.1, 0.15) is 5.75 Å². The van der Waals surface area contributed by atoms with Gasteiger partial charge < -0.3 is 9.47 Å². The van der Waals surface area contributed by atoms with Gasteiger partial charge in [-0.1, -0.05) is 0 Å². The van der Waals surface area contributed by atoms with Crippen molar-refractivity contribution in [2.24, 2.45) is 5.10 Å². The van der Waals surface area contributed by atoms with Crippen LogP contribution in [0, 0.1) is 0 Å². The second-order valence-corrected chi connectivity index (χ2v) is 6.91. The van der Waals surface area contributed by atoms with E-state index in [2.05, 4.69) is 10.1 Å². The lowest BCUT2D eigenvalue weighted by molar-refractivity contribution is -0.153. The van der Waals surface area contributed by atoms with Crippen molar-refractivity contribution in [3.63, 3.8) is 0 Å². The molecule has 0 saturated heterocycles. The van der Waals surface area contributed by atoms with Gasteiger partial charge in [0.05, 0.1) is 23.4 Å². The molecule has 1 unspecified atom stereocenters. The van der Waals surface area contributed by atoms with Crippen LogP contribution >= 0.6 is 0 Å². The molecule has 1 aliphatic heterocycles. The minimum Gasteiger partial charge on any atom is -0.484 e. The molecule has 2 aromatic rings. The van der Waals surface area contributed by atoms with Gasteiger partial charge >= 0.3 is 12.2 Å². The zero-order chi connectivity index (χ0) is 21.2. The summed E-state index contributed by atoms with van der Waals surface area (Å²) >= 11 is 0. The van der Waals surface area contributed by atoms with Crippen molar-refractivity contribution in [3.05, 3.63) is 46.4 Å². The molecule has 0 aliphatic carbocycles. The second-order valence-electron chi connectivity index (χ2n) is 6.91. The first-order chi connectivity index (χ1) is 13.6. The van der Waals surface area contributed by atoms with E-state index in [1.807, 2.05) is 20.9 Å². The number of hydrogen-bond donors (Lipinski definition) is 0. The fraction of sp³-hybridized carbons (Fsp3) is 0.421. The molecule has 0 N–H and O–H groups in total. The van der Waals surface area contributed by atoms with Crippen LogP contribution in [0.4, 0.5) is 13.2 Å². The summed E-state index contributed by atoms with van der Waals surface area (Å²) in [5.74, 6) is -0.0877. The third-order valence-corrected chi connectivity index (χ3v) is 4.03. The molecule has 1 aromatic carbocycles. The number of hydrogen-bond acceptors (Lipinski definition) is 6. The molecule has 29 heavy (non-hydrogen) atoms. The van der Waals surface area contributed by atoms with Crippen LogP contribution in [0.1, 0.15) is 25.5 Å². The minimum atomic E-state index is -4.43. The maximum atomic E-state index is 12.8. The Bertz CT molecular complexity index is 939. The van der Waals surface area contributed by atoms with E-state index in [0.29, 0.717) is 17.9 Å². The van der Waals surface area contributed by atoms with Crippen LogP contribution in [0.25, 0.3) is 5.69 Å². The van der Waals surface area contributed by atoms with Crippen molar-refractivity contribution < 1.29 is 22.6 Å². The van der Waals surface area contributed by atoms with Crippen molar-refractivity contribution in [2.45, 2.75) is 32.0 Å². The molecule has 1 aliphatic rings. The zero-order valence-corrected chi connectivity index (χ0v) is 16.2. The predicted molar refractivity (Wildman–Crippen MR) is 101 cm³/mol. The molecule has 1 atom stereocenters. The topological polar surface area (TPSA) is 69.0 Å². The van der Waals surface area contributed by atoms with E-state index in [4.69, 9.17) is 9.47 Å². The number of aromatic nitrogens is 2. The van der Waals surface area contributed by atoms with Crippen LogP contribution in [-0.2, 0) is 0 Å². The molecular formula is C19H21F3N4O3. The third kappa shape index (κ3) is 5.27. The first kappa shape index (κ1) is 20.7. The van der Waals surface area contributed by atoms with E-state index in [9.17, 15) is 18.0 Å². The quantitative estimate of drug-likeness (QED) is 0.733. The van der Waals surface area contributed by atoms with Gasteiger partial charge in [0, 0.05) is 25.9 Å². The number of hydrazone groups is 1. The van der Waals surface area contributed by atoms with Crippen molar-refractivity contribution in [2.75, 3.05) is 20.2 Å². The summed E-state index contributed by atoms with van der Waals surface area (Å²) in [5, 5.41) is 5.91. The Hall–Kier alpha value is -3.04. The molecule has 0 fully saturated rings. The molecule has 0 radical (unpaired) electrons. The standard InChI is InChI=1S/C19H21F3N4O3/c1-12(2)29-18-24-16(13-9-23-25(3)10-13)8-17(27)26(18)14-4-6-15(7-5-14)28-11-19(20,21)22/h4-9,12-13H,10-11H2,1-3H3. The minimum absolute atomic E-state index is 0.0419. The van der Waals surface area contributed by atoms with Gasteiger partial charge in [-0.05, 0) is 38.1 Å². The number of nitrogens with zero attached hydrogens (tertiary/aromatic N) is 4. The summed E-state index contributed by atoms with van der Waals surface area (Å²) in [6.07, 6.45) is -2.94. The fourth-order valence-electron chi connectivity index (χ4n) is 2.80. The summed E-state index contributed by atoms with van der Waals surface area (Å²) in [6.45, 7) is 2.83. The van der Waals surface area contributed by atoms with Crippen molar-refractivity contribution >= 4 is 6.21 Å². The predicted octanol–water partition coefficient (Wildman–Crippen LogP) is 2.98. The van der Waals surface area contributed by atoms with E-state index in [1.165, 1.54) is 34.9 Å². The van der Waals surface area contributed by atoms with Gasteiger partial charge in [-0.2, -0.15) is 18.3 Å². The van der Waals surface area contributed by atoms with Gasteiger partial charge in [-0.3, -0.25) is 9.80 Å². The fourth-order valence-corrected chi connectivity index (χ4v) is 2.80. The van der Waals surface area contributed by atoms with Crippen LogP contribution in [-0.4, -0.2) is 53.3 Å². The van der Waals surface area contributed by atoms with Crippen LogP contribution in [0.3, 0.4) is 0 Å². The molecule has 1 aromatic heterocycles. The Morgan fingerprint density at radius 3 is 2.48 bits per heavy atom. The van der Waals surface area contributed by atoms with E-state index < -0.39 is 12.8 Å². The lowest BCUT2D eigenvalue weighted by Gasteiger charge is -2.18. The highest BCUT2D eigenvalue weighted by atomic mass is 19.4.